The van der Waals surface area contributed by atoms with Gasteiger partial charge in [-0.2, -0.15) is 0 Å². The molecule has 0 aromatic heterocycles. The molecule has 5 heteroatoms. The van der Waals surface area contributed by atoms with Crippen LogP contribution in [0.2, 0.25) is 0 Å². The second kappa shape index (κ2) is 6.82. The van der Waals surface area contributed by atoms with E-state index in [4.69, 9.17) is 4.74 Å². The molecule has 2 heterocycles. The molecular weight excluding hydrogens is 352 g/mol. The van der Waals surface area contributed by atoms with Crippen molar-refractivity contribution >= 4 is 16.5 Å². The van der Waals surface area contributed by atoms with Gasteiger partial charge in [0.25, 0.3) is 0 Å². The lowest BCUT2D eigenvalue weighted by Crippen LogP contribution is -2.53. The van der Waals surface area contributed by atoms with E-state index in [-0.39, 0.29) is 29.5 Å². The van der Waals surface area contributed by atoms with Crippen molar-refractivity contribution in [3.63, 3.8) is 0 Å². The minimum Gasteiger partial charge on any atom is -0.470 e. The van der Waals surface area contributed by atoms with E-state index in [0.717, 1.165) is 36.4 Å². The van der Waals surface area contributed by atoms with Crippen molar-refractivity contribution in [2.24, 2.45) is 5.92 Å². The van der Waals surface area contributed by atoms with E-state index < -0.39 is 0 Å². The predicted molar refractivity (Wildman–Crippen MR) is 109 cm³/mol. The van der Waals surface area contributed by atoms with Crippen molar-refractivity contribution in [3.8, 4) is 5.75 Å². The number of hydrogen-bond acceptors (Lipinski definition) is 4. The second-order valence-electron chi connectivity index (χ2n) is 7.67. The van der Waals surface area contributed by atoms with Crippen LogP contribution in [0, 0.1) is 16.0 Å². The monoisotopic (exact) mass is 374 g/mol. The third-order valence-corrected chi connectivity index (χ3v) is 6.11. The molecule has 5 nitrogen and oxygen atoms in total. The lowest BCUT2D eigenvalue weighted by molar-refractivity contribution is -0.485. The molecule has 3 aromatic rings. The van der Waals surface area contributed by atoms with Gasteiger partial charge in [-0.05, 0) is 30.4 Å². The highest BCUT2D eigenvalue weighted by Gasteiger charge is 2.45. The number of nitrogens with zero attached hydrogens (tertiary/aromatic N) is 2. The van der Waals surface area contributed by atoms with Crippen LogP contribution in [-0.4, -0.2) is 24.2 Å². The van der Waals surface area contributed by atoms with Crippen LogP contribution in [0.5, 0.6) is 5.75 Å². The average Bonchev–Trinajstić information content (AvgIpc) is 2.72. The maximum absolute atomic E-state index is 11.4. The summed E-state index contributed by atoms with van der Waals surface area (Å²) in [7, 11) is 0. The predicted octanol–water partition coefficient (Wildman–Crippen LogP) is 4.84. The van der Waals surface area contributed by atoms with Crippen molar-refractivity contribution in [2.45, 2.75) is 25.0 Å². The van der Waals surface area contributed by atoms with E-state index in [1.54, 1.807) is 0 Å². The van der Waals surface area contributed by atoms with E-state index in [2.05, 4.69) is 41.3 Å². The molecular formula is C23H22N2O3. The highest BCUT2D eigenvalue weighted by molar-refractivity contribution is 5.94. The SMILES string of the molecule is O=[N+]([O-])CC1c2ccccc2OC2C1CCCN2c1cccc2ccccc12. The van der Waals surface area contributed by atoms with Gasteiger partial charge in [-0.15, -0.1) is 0 Å². The van der Waals surface area contributed by atoms with Crippen LogP contribution >= 0.6 is 0 Å². The van der Waals surface area contributed by atoms with Crippen molar-refractivity contribution in [3.05, 3.63) is 82.4 Å². The maximum atomic E-state index is 11.4. The molecule has 0 bridgehead atoms. The molecule has 28 heavy (non-hydrogen) atoms. The number of hydrogen-bond donors (Lipinski definition) is 0. The maximum Gasteiger partial charge on any atom is 0.211 e. The fraction of sp³-hybridized carbons (Fsp3) is 0.304. The first-order valence-electron chi connectivity index (χ1n) is 9.84. The van der Waals surface area contributed by atoms with Crippen LogP contribution in [0.3, 0.4) is 0 Å². The number of nitro groups is 1. The standard InChI is InChI=1S/C23H22N2O3/c26-25(27)15-20-18-10-3-4-13-22(18)28-23-19(20)11-6-14-24(23)21-12-5-8-16-7-1-2-9-17(16)21/h1-5,7-10,12-13,19-20,23H,6,11,14-15H2. The molecule has 2 aliphatic heterocycles. The van der Waals surface area contributed by atoms with Gasteiger partial charge in [0, 0.05) is 34.0 Å². The number of benzene rings is 3. The minimum atomic E-state index is -0.181. The molecule has 142 valence electrons. The molecule has 0 saturated carbocycles. The molecule has 0 spiro atoms. The van der Waals surface area contributed by atoms with Gasteiger partial charge in [-0.3, -0.25) is 10.1 Å². The molecule has 0 aliphatic carbocycles. The molecule has 0 radical (unpaired) electrons. The molecule has 1 fully saturated rings. The summed E-state index contributed by atoms with van der Waals surface area (Å²) in [5, 5.41) is 13.8. The molecule has 3 unspecified atom stereocenters. The molecule has 0 N–H and O–H groups in total. The number of ether oxygens (including phenoxy) is 1. The summed E-state index contributed by atoms with van der Waals surface area (Å²) in [6.45, 7) is 0.841. The Morgan fingerprint density at radius 1 is 1.04 bits per heavy atom. The Bertz CT molecular complexity index is 1030. The summed E-state index contributed by atoms with van der Waals surface area (Å²) >= 11 is 0. The van der Waals surface area contributed by atoms with Crippen molar-refractivity contribution in [2.75, 3.05) is 18.0 Å². The zero-order valence-electron chi connectivity index (χ0n) is 15.5. The van der Waals surface area contributed by atoms with Crippen LogP contribution in [0.15, 0.2) is 66.7 Å². The molecule has 0 amide bonds. The number of para-hydroxylation sites is 1. The Morgan fingerprint density at radius 3 is 2.71 bits per heavy atom. The summed E-state index contributed by atoms with van der Waals surface area (Å²) < 4.78 is 6.47. The summed E-state index contributed by atoms with van der Waals surface area (Å²) in [6, 6.07) is 22.5. The fourth-order valence-electron chi connectivity index (χ4n) is 4.91. The first-order chi connectivity index (χ1) is 13.7. The topological polar surface area (TPSA) is 55.6 Å². The van der Waals surface area contributed by atoms with Gasteiger partial charge in [0.1, 0.15) is 5.75 Å². The van der Waals surface area contributed by atoms with Gasteiger partial charge in [-0.25, -0.2) is 0 Å². The molecule has 2 aliphatic rings. The highest BCUT2D eigenvalue weighted by atomic mass is 16.6. The van der Waals surface area contributed by atoms with Crippen LogP contribution in [0.4, 0.5) is 5.69 Å². The van der Waals surface area contributed by atoms with Crippen LogP contribution in [0.25, 0.3) is 10.8 Å². The third kappa shape index (κ3) is 2.78. The average molecular weight is 374 g/mol. The first-order valence-corrected chi connectivity index (χ1v) is 9.84. The summed E-state index contributed by atoms with van der Waals surface area (Å²) in [5.74, 6) is 0.762. The summed E-state index contributed by atoms with van der Waals surface area (Å²) in [6.07, 6.45) is 1.77. The van der Waals surface area contributed by atoms with Gasteiger partial charge < -0.3 is 9.64 Å². The molecule has 3 atom stereocenters. The Balaban J connectivity index is 1.60. The summed E-state index contributed by atoms with van der Waals surface area (Å²) in [5.41, 5.74) is 2.12. The molecule has 5 rings (SSSR count). The Kier molecular flexibility index (Phi) is 4.15. The van der Waals surface area contributed by atoms with E-state index in [1.807, 2.05) is 30.3 Å². The quantitative estimate of drug-likeness (QED) is 0.486. The van der Waals surface area contributed by atoms with Gasteiger partial charge in [-0.1, -0.05) is 54.6 Å². The van der Waals surface area contributed by atoms with Gasteiger partial charge in [0.15, 0.2) is 6.23 Å². The fourth-order valence-corrected chi connectivity index (χ4v) is 4.91. The normalized spacial score (nSPS) is 23.6. The highest BCUT2D eigenvalue weighted by Crippen LogP contribution is 2.46. The zero-order valence-corrected chi connectivity index (χ0v) is 15.5. The Hall–Kier alpha value is -3.08. The largest absolute Gasteiger partial charge is 0.470 e. The molecule has 1 saturated heterocycles. The smallest absolute Gasteiger partial charge is 0.211 e. The van der Waals surface area contributed by atoms with E-state index in [9.17, 15) is 10.1 Å². The zero-order chi connectivity index (χ0) is 19.1. The van der Waals surface area contributed by atoms with Crippen molar-refractivity contribution in [1.29, 1.82) is 0 Å². The molecule has 3 aromatic carbocycles. The van der Waals surface area contributed by atoms with Crippen LogP contribution in [-0.2, 0) is 0 Å². The Labute approximate surface area is 163 Å². The van der Waals surface area contributed by atoms with E-state index in [1.165, 1.54) is 10.8 Å². The minimum absolute atomic E-state index is 0.0507. The van der Waals surface area contributed by atoms with Gasteiger partial charge >= 0.3 is 0 Å². The Morgan fingerprint density at radius 2 is 1.82 bits per heavy atom. The van der Waals surface area contributed by atoms with Crippen LogP contribution < -0.4 is 9.64 Å². The van der Waals surface area contributed by atoms with Crippen LogP contribution in [0.1, 0.15) is 24.3 Å². The number of piperidine rings is 1. The van der Waals surface area contributed by atoms with Crippen molar-refractivity contribution in [1.82, 2.24) is 0 Å². The number of fused-ring (bicyclic) bond motifs is 3. The van der Waals surface area contributed by atoms with Gasteiger partial charge in [0.05, 0.1) is 5.92 Å². The second-order valence-corrected chi connectivity index (χ2v) is 7.67. The van der Waals surface area contributed by atoms with E-state index >= 15 is 0 Å². The summed E-state index contributed by atoms with van der Waals surface area (Å²) in [4.78, 5) is 13.6. The first kappa shape index (κ1) is 17.0. The van der Waals surface area contributed by atoms with Crippen molar-refractivity contribution < 1.29 is 9.66 Å². The van der Waals surface area contributed by atoms with Gasteiger partial charge in [0.2, 0.25) is 6.54 Å². The lowest BCUT2D eigenvalue weighted by atomic mass is 9.77. The third-order valence-electron chi connectivity index (χ3n) is 6.11. The lowest BCUT2D eigenvalue weighted by Gasteiger charge is -2.47. The van der Waals surface area contributed by atoms with E-state index in [0.29, 0.717) is 0 Å². The number of rotatable bonds is 3. The number of anilines is 1.